The Labute approximate surface area is 82.0 Å². The van der Waals surface area contributed by atoms with Crippen molar-refractivity contribution in [3.8, 4) is 0 Å². The topological polar surface area (TPSA) is 54.4 Å². The SMILES string of the molecule is O=S1(=O)CCC(CC(F)F)C(CO)C1. The zero-order valence-electron chi connectivity index (χ0n) is 7.70. The lowest BCUT2D eigenvalue weighted by molar-refractivity contribution is 0.0820. The number of aliphatic hydroxyl groups is 1. The summed E-state index contributed by atoms with van der Waals surface area (Å²) in [5, 5.41) is 8.90. The lowest BCUT2D eigenvalue weighted by atomic mass is 9.89. The Balaban J connectivity index is 2.61. The van der Waals surface area contributed by atoms with E-state index in [1.807, 2.05) is 0 Å². The van der Waals surface area contributed by atoms with Gasteiger partial charge in [0.25, 0.3) is 0 Å². The first kappa shape index (κ1) is 11.8. The van der Waals surface area contributed by atoms with E-state index >= 15 is 0 Å². The number of halogens is 2. The Morgan fingerprint density at radius 2 is 2.00 bits per heavy atom. The molecule has 1 heterocycles. The standard InChI is InChI=1S/C8H14F2O3S/c9-8(10)3-6-1-2-14(12,13)5-7(6)4-11/h6-8,11H,1-5H2. The minimum absolute atomic E-state index is 0.0269. The second-order valence-corrected chi connectivity index (χ2v) is 5.96. The Hall–Kier alpha value is -0.230. The summed E-state index contributed by atoms with van der Waals surface area (Å²) in [6.07, 6.45) is -2.48. The smallest absolute Gasteiger partial charge is 0.238 e. The molecule has 6 heteroatoms. The minimum atomic E-state index is -3.12. The molecule has 1 fully saturated rings. The number of hydrogen-bond donors (Lipinski definition) is 1. The molecule has 0 saturated carbocycles. The van der Waals surface area contributed by atoms with Gasteiger partial charge in [0.2, 0.25) is 6.43 Å². The largest absolute Gasteiger partial charge is 0.396 e. The van der Waals surface area contributed by atoms with Gasteiger partial charge in [0.1, 0.15) is 0 Å². The Morgan fingerprint density at radius 3 is 2.50 bits per heavy atom. The molecule has 0 radical (unpaired) electrons. The molecule has 0 aromatic heterocycles. The molecule has 1 saturated heterocycles. The minimum Gasteiger partial charge on any atom is -0.396 e. The summed E-state index contributed by atoms with van der Waals surface area (Å²) in [4.78, 5) is 0. The Bertz CT molecular complexity index is 276. The van der Waals surface area contributed by atoms with Crippen LogP contribution in [0.3, 0.4) is 0 Å². The highest BCUT2D eigenvalue weighted by Crippen LogP contribution is 2.29. The quantitative estimate of drug-likeness (QED) is 0.773. The summed E-state index contributed by atoms with van der Waals surface area (Å²) in [5.41, 5.74) is 0. The van der Waals surface area contributed by atoms with Crippen molar-refractivity contribution in [2.45, 2.75) is 19.3 Å². The molecule has 3 nitrogen and oxygen atoms in total. The summed E-state index contributed by atoms with van der Waals surface area (Å²) in [6.45, 7) is -0.323. The van der Waals surface area contributed by atoms with Crippen molar-refractivity contribution in [3.05, 3.63) is 0 Å². The predicted molar refractivity (Wildman–Crippen MR) is 48.0 cm³/mol. The summed E-state index contributed by atoms with van der Waals surface area (Å²) in [6, 6.07) is 0. The molecule has 0 aromatic carbocycles. The van der Waals surface area contributed by atoms with Crippen molar-refractivity contribution in [2.24, 2.45) is 11.8 Å². The summed E-state index contributed by atoms with van der Waals surface area (Å²) in [7, 11) is -3.12. The van der Waals surface area contributed by atoms with Crippen LogP contribution < -0.4 is 0 Å². The van der Waals surface area contributed by atoms with Gasteiger partial charge in [-0.2, -0.15) is 0 Å². The maximum absolute atomic E-state index is 12.1. The number of sulfone groups is 1. The number of alkyl halides is 2. The van der Waals surface area contributed by atoms with Gasteiger partial charge in [-0.15, -0.1) is 0 Å². The normalized spacial score (nSPS) is 32.0. The van der Waals surface area contributed by atoms with Crippen molar-refractivity contribution in [1.82, 2.24) is 0 Å². The van der Waals surface area contributed by atoms with Gasteiger partial charge < -0.3 is 5.11 Å². The van der Waals surface area contributed by atoms with Crippen LogP contribution in [0.4, 0.5) is 8.78 Å². The number of rotatable bonds is 3. The fraction of sp³-hybridized carbons (Fsp3) is 1.00. The van der Waals surface area contributed by atoms with E-state index in [1.165, 1.54) is 0 Å². The van der Waals surface area contributed by atoms with E-state index in [-0.39, 0.29) is 36.9 Å². The zero-order valence-corrected chi connectivity index (χ0v) is 8.51. The number of aliphatic hydroxyl groups excluding tert-OH is 1. The molecular weight excluding hydrogens is 214 g/mol. The Morgan fingerprint density at radius 1 is 1.36 bits per heavy atom. The summed E-state index contributed by atoms with van der Waals surface area (Å²) in [5.74, 6) is -1.05. The highest BCUT2D eigenvalue weighted by Gasteiger charge is 2.33. The molecule has 84 valence electrons. The molecule has 0 aliphatic carbocycles. The van der Waals surface area contributed by atoms with Crippen molar-refractivity contribution >= 4 is 9.84 Å². The van der Waals surface area contributed by atoms with Gasteiger partial charge in [-0.25, -0.2) is 17.2 Å². The molecule has 1 N–H and O–H groups in total. The third-order valence-corrected chi connectivity index (χ3v) is 4.44. The van der Waals surface area contributed by atoms with Crippen molar-refractivity contribution in [3.63, 3.8) is 0 Å². The van der Waals surface area contributed by atoms with E-state index in [1.54, 1.807) is 0 Å². The molecule has 2 atom stereocenters. The van der Waals surface area contributed by atoms with Gasteiger partial charge >= 0.3 is 0 Å². The fourth-order valence-electron chi connectivity index (χ4n) is 1.85. The zero-order chi connectivity index (χ0) is 10.8. The molecule has 0 amide bonds. The Kier molecular flexibility index (Phi) is 3.83. The second kappa shape index (κ2) is 4.53. The summed E-state index contributed by atoms with van der Waals surface area (Å²) >= 11 is 0. The molecule has 14 heavy (non-hydrogen) atoms. The van der Waals surface area contributed by atoms with E-state index in [4.69, 9.17) is 5.11 Å². The van der Waals surface area contributed by atoms with Crippen LogP contribution in [-0.2, 0) is 9.84 Å². The van der Waals surface area contributed by atoms with Gasteiger partial charge in [0, 0.05) is 13.0 Å². The molecular formula is C8H14F2O3S. The van der Waals surface area contributed by atoms with Crippen LogP contribution >= 0.6 is 0 Å². The van der Waals surface area contributed by atoms with Crippen molar-refractivity contribution in [1.29, 1.82) is 0 Å². The lowest BCUT2D eigenvalue weighted by Crippen LogP contribution is -2.35. The van der Waals surface area contributed by atoms with E-state index < -0.39 is 22.2 Å². The molecule has 0 bridgehead atoms. The van der Waals surface area contributed by atoms with Gasteiger partial charge in [-0.05, 0) is 18.3 Å². The van der Waals surface area contributed by atoms with Crippen LogP contribution in [-0.4, -0.2) is 38.1 Å². The first-order chi connectivity index (χ1) is 6.44. The molecule has 1 rings (SSSR count). The predicted octanol–water partition coefficient (Wildman–Crippen LogP) is 0.685. The lowest BCUT2D eigenvalue weighted by Gasteiger charge is -2.29. The maximum atomic E-state index is 12.1. The highest BCUT2D eigenvalue weighted by molar-refractivity contribution is 7.91. The first-order valence-electron chi connectivity index (χ1n) is 4.54. The van der Waals surface area contributed by atoms with Gasteiger partial charge in [-0.1, -0.05) is 0 Å². The third kappa shape index (κ3) is 3.16. The fourth-order valence-corrected chi connectivity index (χ4v) is 3.71. The highest BCUT2D eigenvalue weighted by atomic mass is 32.2. The van der Waals surface area contributed by atoms with Gasteiger partial charge in [0.15, 0.2) is 9.84 Å². The third-order valence-electron chi connectivity index (χ3n) is 2.65. The average molecular weight is 228 g/mol. The van der Waals surface area contributed by atoms with Crippen LogP contribution in [0.25, 0.3) is 0 Å². The van der Waals surface area contributed by atoms with E-state index in [0.717, 1.165) is 0 Å². The maximum Gasteiger partial charge on any atom is 0.238 e. The molecule has 0 spiro atoms. The summed E-state index contributed by atoms with van der Waals surface area (Å²) < 4.78 is 46.5. The van der Waals surface area contributed by atoms with Crippen LogP contribution in [0.5, 0.6) is 0 Å². The molecule has 0 aromatic rings. The van der Waals surface area contributed by atoms with Crippen LogP contribution in [0.1, 0.15) is 12.8 Å². The van der Waals surface area contributed by atoms with Crippen LogP contribution in [0, 0.1) is 11.8 Å². The average Bonchev–Trinajstić information content (AvgIpc) is 2.07. The molecule has 2 unspecified atom stereocenters. The van der Waals surface area contributed by atoms with Crippen LogP contribution in [0.2, 0.25) is 0 Å². The molecule has 1 aliphatic rings. The molecule has 1 aliphatic heterocycles. The van der Waals surface area contributed by atoms with Crippen LogP contribution in [0.15, 0.2) is 0 Å². The number of hydrogen-bond acceptors (Lipinski definition) is 3. The van der Waals surface area contributed by atoms with Gasteiger partial charge in [0.05, 0.1) is 11.5 Å². The van der Waals surface area contributed by atoms with E-state index in [9.17, 15) is 17.2 Å². The van der Waals surface area contributed by atoms with Gasteiger partial charge in [-0.3, -0.25) is 0 Å². The second-order valence-electron chi connectivity index (χ2n) is 3.73. The monoisotopic (exact) mass is 228 g/mol. The van der Waals surface area contributed by atoms with E-state index in [2.05, 4.69) is 0 Å². The van der Waals surface area contributed by atoms with Crippen molar-refractivity contribution < 1.29 is 22.3 Å². The first-order valence-corrected chi connectivity index (χ1v) is 6.36. The van der Waals surface area contributed by atoms with Crippen molar-refractivity contribution in [2.75, 3.05) is 18.1 Å². The van der Waals surface area contributed by atoms with E-state index in [0.29, 0.717) is 0 Å².